The average molecular weight is 361 g/mol. The van der Waals surface area contributed by atoms with Crippen molar-refractivity contribution in [3.05, 3.63) is 65.8 Å². The van der Waals surface area contributed by atoms with Gasteiger partial charge in [0.1, 0.15) is 6.04 Å². The molecule has 1 amide bonds. The number of imidazole rings is 1. The summed E-state index contributed by atoms with van der Waals surface area (Å²) in [5.74, 6) is 0.647. The average Bonchev–Trinajstić information content (AvgIpc) is 3.29. The molecule has 0 aliphatic carbocycles. The second kappa shape index (κ2) is 6.68. The number of carbonyl (C=O) groups excluding carboxylic acids is 1. The van der Waals surface area contributed by atoms with Crippen molar-refractivity contribution in [3.8, 4) is 11.4 Å². The van der Waals surface area contributed by atoms with Crippen LogP contribution in [0.4, 0.5) is 0 Å². The Bertz CT molecular complexity index is 1130. The lowest BCUT2D eigenvalue weighted by molar-refractivity contribution is 0.0932. The van der Waals surface area contributed by atoms with Crippen LogP contribution in [-0.4, -0.2) is 25.6 Å². The zero-order valence-electron chi connectivity index (χ0n) is 15.3. The van der Waals surface area contributed by atoms with E-state index >= 15 is 0 Å². The number of aryl methyl sites for hydroxylation is 2. The molecule has 0 unspecified atom stereocenters. The first-order chi connectivity index (χ1) is 13.0. The van der Waals surface area contributed by atoms with Crippen molar-refractivity contribution < 1.29 is 9.32 Å². The van der Waals surface area contributed by atoms with Gasteiger partial charge in [0, 0.05) is 18.2 Å². The normalized spacial score (nSPS) is 12.3. The molecule has 0 saturated heterocycles. The maximum atomic E-state index is 12.6. The summed E-state index contributed by atoms with van der Waals surface area (Å²) in [6.45, 7) is 3.82. The third kappa shape index (κ3) is 3.31. The van der Waals surface area contributed by atoms with Crippen LogP contribution in [0, 0.1) is 6.92 Å². The first-order valence-corrected chi connectivity index (χ1v) is 8.64. The minimum absolute atomic E-state index is 0.217. The number of amides is 1. The third-order valence-electron chi connectivity index (χ3n) is 4.42. The Labute approximate surface area is 156 Å². The Morgan fingerprint density at radius 3 is 2.89 bits per heavy atom. The molecule has 1 N–H and O–H groups in total. The van der Waals surface area contributed by atoms with Crippen molar-refractivity contribution in [2.24, 2.45) is 7.05 Å². The Morgan fingerprint density at radius 1 is 1.22 bits per heavy atom. The quantitative estimate of drug-likeness (QED) is 0.602. The molecular weight excluding hydrogens is 342 g/mol. The molecule has 2 aromatic carbocycles. The van der Waals surface area contributed by atoms with Gasteiger partial charge in [-0.2, -0.15) is 4.98 Å². The second-order valence-electron chi connectivity index (χ2n) is 6.58. The van der Waals surface area contributed by atoms with Crippen LogP contribution in [0.2, 0.25) is 0 Å². The van der Waals surface area contributed by atoms with E-state index in [0.29, 0.717) is 17.3 Å². The molecule has 7 heteroatoms. The van der Waals surface area contributed by atoms with Gasteiger partial charge in [-0.1, -0.05) is 28.9 Å². The van der Waals surface area contributed by atoms with Crippen molar-refractivity contribution in [1.29, 1.82) is 0 Å². The monoisotopic (exact) mass is 361 g/mol. The molecule has 0 bridgehead atoms. The number of nitrogens with one attached hydrogen (secondary N) is 1. The highest BCUT2D eigenvalue weighted by atomic mass is 16.5. The molecule has 7 nitrogen and oxygen atoms in total. The van der Waals surface area contributed by atoms with E-state index in [4.69, 9.17) is 4.52 Å². The van der Waals surface area contributed by atoms with Gasteiger partial charge >= 0.3 is 0 Å². The first kappa shape index (κ1) is 17.0. The minimum Gasteiger partial charge on any atom is -0.341 e. The van der Waals surface area contributed by atoms with Crippen LogP contribution in [0.25, 0.3) is 22.4 Å². The summed E-state index contributed by atoms with van der Waals surface area (Å²) in [6, 6.07) is 12.9. The van der Waals surface area contributed by atoms with E-state index in [9.17, 15) is 4.79 Å². The molecule has 0 aliphatic heterocycles. The van der Waals surface area contributed by atoms with Gasteiger partial charge in [-0.25, -0.2) is 4.98 Å². The van der Waals surface area contributed by atoms with Gasteiger partial charge in [-0.05, 0) is 38.1 Å². The lowest BCUT2D eigenvalue weighted by atomic mass is 10.1. The molecular formula is C20H19N5O2. The lowest BCUT2D eigenvalue weighted by Gasteiger charge is -2.09. The molecule has 27 heavy (non-hydrogen) atoms. The van der Waals surface area contributed by atoms with Gasteiger partial charge in [-0.15, -0.1) is 0 Å². The number of hydrogen-bond donors (Lipinski definition) is 1. The summed E-state index contributed by atoms with van der Waals surface area (Å²) in [5, 5.41) is 6.91. The second-order valence-corrected chi connectivity index (χ2v) is 6.58. The molecule has 0 radical (unpaired) electrons. The van der Waals surface area contributed by atoms with E-state index < -0.39 is 6.04 Å². The van der Waals surface area contributed by atoms with Gasteiger partial charge in [0.25, 0.3) is 5.91 Å². The van der Waals surface area contributed by atoms with Crippen LogP contribution >= 0.6 is 0 Å². The fourth-order valence-corrected chi connectivity index (χ4v) is 2.93. The standard InChI is InChI=1S/C20H19N5O2/c1-12-5-4-6-14(9-12)18-23-20(27-24-18)13(2)22-19(26)15-7-8-17-16(10-15)21-11-25(17)3/h4-11,13H,1-3H3,(H,22,26)/t13-/m1/s1. The molecule has 2 aromatic heterocycles. The largest absolute Gasteiger partial charge is 0.341 e. The number of rotatable bonds is 4. The van der Waals surface area contributed by atoms with Gasteiger partial charge in [-0.3, -0.25) is 4.79 Å². The fraction of sp³-hybridized carbons (Fsp3) is 0.200. The molecule has 1 atom stereocenters. The summed E-state index contributed by atoms with van der Waals surface area (Å²) in [5.41, 5.74) is 4.28. The number of nitrogens with zero attached hydrogens (tertiary/aromatic N) is 4. The SMILES string of the molecule is Cc1cccc(-c2noc([C@@H](C)NC(=O)c3ccc4c(c3)ncn4C)n2)c1. The van der Waals surface area contributed by atoms with Crippen molar-refractivity contribution in [2.75, 3.05) is 0 Å². The number of hydrogen-bond acceptors (Lipinski definition) is 5. The van der Waals surface area contributed by atoms with E-state index in [1.165, 1.54) is 0 Å². The summed E-state index contributed by atoms with van der Waals surface area (Å²) < 4.78 is 7.25. The van der Waals surface area contributed by atoms with E-state index in [1.54, 1.807) is 18.5 Å². The van der Waals surface area contributed by atoms with Crippen LogP contribution in [0.3, 0.4) is 0 Å². The lowest BCUT2D eigenvalue weighted by Crippen LogP contribution is -2.26. The minimum atomic E-state index is -0.414. The van der Waals surface area contributed by atoms with Gasteiger partial charge < -0.3 is 14.4 Å². The number of fused-ring (bicyclic) bond motifs is 1. The Kier molecular flexibility index (Phi) is 4.19. The first-order valence-electron chi connectivity index (χ1n) is 8.64. The molecule has 0 fully saturated rings. The van der Waals surface area contributed by atoms with Gasteiger partial charge in [0.15, 0.2) is 0 Å². The Morgan fingerprint density at radius 2 is 2.07 bits per heavy atom. The topological polar surface area (TPSA) is 85.8 Å². The summed E-state index contributed by atoms with van der Waals surface area (Å²) in [6.07, 6.45) is 1.72. The molecule has 2 heterocycles. The predicted octanol–water partition coefficient (Wildman–Crippen LogP) is 3.42. The van der Waals surface area contributed by atoms with Crippen LogP contribution in [-0.2, 0) is 7.05 Å². The molecule has 4 aromatic rings. The van der Waals surface area contributed by atoms with E-state index in [-0.39, 0.29) is 5.91 Å². The van der Waals surface area contributed by atoms with E-state index in [0.717, 1.165) is 22.2 Å². The van der Waals surface area contributed by atoms with Gasteiger partial charge in [0.2, 0.25) is 11.7 Å². The molecule has 0 saturated carbocycles. The summed E-state index contributed by atoms with van der Waals surface area (Å²) in [4.78, 5) is 21.3. The maximum Gasteiger partial charge on any atom is 0.251 e. The smallest absolute Gasteiger partial charge is 0.251 e. The van der Waals surface area contributed by atoms with Crippen molar-refractivity contribution in [3.63, 3.8) is 0 Å². The number of benzene rings is 2. The zero-order chi connectivity index (χ0) is 19.0. The van der Waals surface area contributed by atoms with Crippen molar-refractivity contribution >= 4 is 16.9 Å². The summed E-state index contributed by atoms with van der Waals surface area (Å²) >= 11 is 0. The Hall–Kier alpha value is -3.48. The van der Waals surface area contributed by atoms with Crippen LogP contribution in [0.1, 0.15) is 34.8 Å². The highest BCUT2D eigenvalue weighted by Gasteiger charge is 2.18. The van der Waals surface area contributed by atoms with Gasteiger partial charge in [0.05, 0.1) is 17.4 Å². The van der Waals surface area contributed by atoms with Crippen LogP contribution < -0.4 is 5.32 Å². The highest BCUT2D eigenvalue weighted by molar-refractivity contribution is 5.97. The summed E-state index contributed by atoms with van der Waals surface area (Å²) in [7, 11) is 1.92. The van der Waals surface area contributed by atoms with Crippen molar-refractivity contribution in [2.45, 2.75) is 19.9 Å². The number of aromatic nitrogens is 4. The molecule has 0 spiro atoms. The predicted molar refractivity (Wildman–Crippen MR) is 101 cm³/mol. The number of carbonyl (C=O) groups is 1. The van der Waals surface area contributed by atoms with Crippen LogP contribution in [0.5, 0.6) is 0 Å². The van der Waals surface area contributed by atoms with E-state index in [2.05, 4.69) is 20.4 Å². The van der Waals surface area contributed by atoms with Crippen molar-refractivity contribution in [1.82, 2.24) is 25.0 Å². The highest BCUT2D eigenvalue weighted by Crippen LogP contribution is 2.20. The zero-order valence-corrected chi connectivity index (χ0v) is 15.3. The third-order valence-corrected chi connectivity index (χ3v) is 4.42. The molecule has 4 rings (SSSR count). The Balaban J connectivity index is 1.51. The maximum absolute atomic E-state index is 12.6. The van der Waals surface area contributed by atoms with E-state index in [1.807, 2.05) is 55.8 Å². The molecule has 0 aliphatic rings. The molecule has 136 valence electrons. The van der Waals surface area contributed by atoms with Crippen LogP contribution in [0.15, 0.2) is 53.3 Å². The fourth-order valence-electron chi connectivity index (χ4n) is 2.93.